The summed E-state index contributed by atoms with van der Waals surface area (Å²) in [5.41, 5.74) is 6.68. The molecule has 4 saturated heterocycles. The summed E-state index contributed by atoms with van der Waals surface area (Å²) in [6.07, 6.45) is 8.28. The smallest absolute Gasteiger partial charge is 0.166 e. The number of hydrogen-bond acceptors (Lipinski definition) is 9. The lowest BCUT2D eigenvalue weighted by molar-refractivity contribution is -0.0109. The average Bonchev–Trinajstić information content (AvgIpc) is 3.47. The van der Waals surface area contributed by atoms with Crippen LogP contribution in [0.15, 0.2) is 170 Å². The molecule has 75 heavy (non-hydrogen) atoms. The van der Waals surface area contributed by atoms with Gasteiger partial charge in [0, 0.05) is 40.0 Å². The number of nitrogens with zero attached hydrogens (tertiary/aromatic N) is 2. The summed E-state index contributed by atoms with van der Waals surface area (Å²) in [4.78, 5) is 51.7. The highest BCUT2D eigenvalue weighted by Crippen LogP contribution is 2.42. The van der Waals surface area contributed by atoms with E-state index in [0.717, 1.165) is 119 Å². The molecule has 4 fully saturated rings. The maximum atomic E-state index is 12.1. The highest BCUT2D eigenvalue weighted by atomic mass is 16.3. The van der Waals surface area contributed by atoms with E-state index < -0.39 is 5.60 Å². The van der Waals surface area contributed by atoms with Gasteiger partial charge in [0.15, 0.2) is 23.1 Å². The van der Waals surface area contributed by atoms with Crippen molar-refractivity contribution < 1.29 is 24.3 Å². The van der Waals surface area contributed by atoms with E-state index >= 15 is 0 Å². The predicted molar refractivity (Wildman–Crippen MR) is 304 cm³/mol. The summed E-state index contributed by atoms with van der Waals surface area (Å²) >= 11 is 0. The third-order valence-corrected chi connectivity index (χ3v) is 15.9. The largest absolute Gasteiger partial charge is 0.380 e. The Morgan fingerprint density at radius 2 is 0.800 bits per heavy atom. The fourth-order valence-corrected chi connectivity index (χ4v) is 11.2. The quantitative estimate of drug-likeness (QED) is 0.103. The number of aliphatic hydroxyl groups is 1. The molecule has 9 nitrogen and oxygen atoms in total. The van der Waals surface area contributed by atoms with Crippen molar-refractivity contribution in [3.05, 3.63) is 214 Å². The lowest BCUT2D eigenvalue weighted by Crippen LogP contribution is -2.43. The van der Waals surface area contributed by atoms with E-state index in [2.05, 4.69) is 77.0 Å². The van der Waals surface area contributed by atoms with Crippen LogP contribution < -0.4 is 10.6 Å². The van der Waals surface area contributed by atoms with Gasteiger partial charge < -0.3 is 25.5 Å². The SMILES string of the molecule is CC(=O)c1ccc(C(O)(c2ccccc2)C2CCN(C)CC2)cc1.CC(=O)c1ccc(C(c2ccccc2)C2CCNCC2)cc1.CN1CCC(C(=O)c2ccccc2)CC1.O=C(c1ccccc1)C1CCNCC1. The Balaban J connectivity index is 0.000000149. The van der Waals surface area contributed by atoms with Crippen LogP contribution in [0, 0.1) is 23.7 Å². The van der Waals surface area contributed by atoms with Crippen LogP contribution in [0.2, 0.25) is 0 Å². The number of nitrogens with one attached hydrogen (secondary N) is 2. The van der Waals surface area contributed by atoms with Gasteiger partial charge >= 0.3 is 0 Å². The minimum absolute atomic E-state index is 0.0455. The summed E-state index contributed by atoms with van der Waals surface area (Å²) in [6, 6.07) is 55.6. The van der Waals surface area contributed by atoms with E-state index in [1.807, 2.05) is 127 Å². The first kappa shape index (κ1) is 56.5. The zero-order chi connectivity index (χ0) is 53.0. The molecule has 0 bridgehead atoms. The molecule has 6 aromatic carbocycles. The van der Waals surface area contributed by atoms with Crippen molar-refractivity contribution in [3.8, 4) is 0 Å². The van der Waals surface area contributed by atoms with E-state index in [4.69, 9.17) is 0 Å². The zero-order valence-corrected chi connectivity index (χ0v) is 44.8. The predicted octanol–water partition coefficient (Wildman–Crippen LogP) is 11.6. The normalized spacial score (nSPS) is 18.3. The average molecular weight is 1010 g/mol. The third kappa shape index (κ3) is 15.9. The van der Waals surface area contributed by atoms with Crippen LogP contribution >= 0.6 is 0 Å². The van der Waals surface area contributed by atoms with Crippen LogP contribution in [0.3, 0.4) is 0 Å². The lowest BCUT2D eigenvalue weighted by atomic mass is 9.72. The van der Waals surface area contributed by atoms with Gasteiger partial charge in [-0.25, -0.2) is 0 Å². The Morgan fingerprint density at radius 3 is 1.25 bits per heavy atom. The minimum Gasteiger partial charge on any atom is -0.380 e. The molecule has 6 aromatic rings. The Bertz CT molecular complexity index is 2650. The molecule has 0 radical (unpaired) electrons. The van der Waals surface area contributed by atoms with Crippen molar-refractivity contribution in [2.24, 2.45) is 23.7 Å². The van der Waals surface area contributed by atoms with E-state index in [0.29, 0.717) is 29.0 Å². The standard InChI is InChI=1S/C21H25NO2.C20H23NO.C13H17NO.C12H15NO/c1-16(23)17-8-10-19(11-9-17)21(24,18-6-4-3-5-7-18)20-12-14-22(2)15-13-20;1-15(22)16-7-9-18(10-8-16)20(17-5-3-2-4-6-17)19-11-13-21-14-12-19;1-14-9-7-12(8-10-14)13(15)11-5-3-2-4-6-11;14-12(10-4-2-1-3-5-10)11-6-8-13-9-7-11/h3-11,20,24H,12-15H2,1-2H3;2-10,19-21H,11-14H2,1H3;2-6,12H,7-10H2,1H3;1-5,11,13H,6-9H2. The highest BCUT2D eigenvalue weighted by molar-refractivity contribution is 5.98. The Morgan fingerprint density at radius 1 is 0.440 bits per heavy atom. The molecule has 2 atom stereocenters. The van der Waals surface area contributed by atoms with E-state index in [-0.39, 0.29) is 29.3 Å². The topological polar surface area (TPSA) is 119 Å². The van der Waals surface area contributed by atoms with Gasteiger partial charge in [0.05, 0.1) is 0 Å². The van der Waals surface area contributed by atoms with E-state index in [1.54, 1.807) is 13.8 Å². The zero-order valence-electron chi connectivity index (χ0n) is 44.8. The van der Waals surface area contributed by atoms with Crippen molar-refractivity contribution >= 4 is 23.1 Å². The van der Waals surface area contributed by atoms with Crippen LogP contribution in [-0.2, 0) is 5.60 Å². The summed E-state index contributed by atoms with van der Waals surface area (Å²) in [7, 11) is 4.24. The van der Waals surface area contributed by atoms with Gasteiger partial charge in [0.25, 0.3) is 0 Å². The van der Waals surface area contributed by atoms with Gasteiger partial charge in [-0.05, 0) is 166 Å². The fraction of sp³-hybridized carbons (Fsp3) is 0.394. The molecular formula is C66H80N4O5. The maximum Gasteiger partial charge on any atom is 0.166 e. The van der Waals surface area contributed by atoms with Gasteiger partial charge in [-0.15, -0.1) is 0 Å². The first-order valence-corrected chi connectivity index (χ1v) is 27.4. The van der Waals surface area contributed by atoms with Crippen LogP contribution in [0.25, 0.3) is 0 Å². The van der Waals surface area contributed by atoms with Crippen molar-refractivity contribution in [2.45, 2.75) is 76.7 Å². The van der Waals surface area contributed by atoms with Crippen LogP contribution in [0.5, 0.6) is 0 Å². The molecule has 0 aromatic heterocycles. The molecule has 10 rings (SSSR count). The van der Waals surface area contributed by atoms with Gasteiger partial charge in [-0.3, -0.25) is 19.2 Å². The van der Waals surface area contributed by atoms with E-state index in [1.165, 1.54) is 24.0 Å². The molecule has 4 aliphatic heterocycles. The molecule has 0 aliphatic carbocycles. The Labute approximate surface area is 447 Å². The second-order valence-corrected chi connectivity index (χ2v) is 21.1. The van der Waals surface area contributed by atoms with Gasteiger partial charge in [-0.2, -0.15) is 0 Å². The number of carbonyl (C=O) groups excluding carboxylic acids is 4. The number of Topliss-reactive ketones (excluding diaryl/α,β-unsaturated/α-hetero) is 4. The van der Waals surface area contributed by atoms with Crippen molar-refractivity contribution in [1.82, 2.24) is 20.4 Å². The molecule has 9 heteroatoms. The van der Waals surface area contributed by atoms with Crippen molar-refractivity contribution in [3.63, 3.8) is 0 Å². The summed E-state index contributed by atoms with van der Waals surface area (Å²) in [5, 5.41) is 18.5. The van der Waals surface area contributed by atoms with E-state index in [9.17, 15) is 24.3 Å². The first-order valence-electron chi connectivity index (χ1n) is 27.4. The molecule has 4 aliphatic rings. The number of hydrogen-bond donors (Lipinski definition) is 3. The Kier molecular flexibility index (Phi) is 21.6. The van der Waals surface area contributed by atoms with Crippen LogP contribution in [0.1, 0.15) is 135 Å². The molecule has 0 spiro atoms. The van der Waals surface area contributed by atoms with Crippen LogP contribution in [-0.4, -0.2) is 104 Å². The molecule has 0 saturated carbocycles. The molecule has 3 N–H and O–H groups in total. The lowest BCUT2D eigenvalue weighted by Gasteiger charge is -2.41. The van der Waals surface area contributed by atoms with Gasteiger partial charge in [-0.1, -0.05) is 170 Å². The molecule has 4 heterocycles. The number of carbonyl (C=O) groups is 4. The maximum absolute atomic E-state index is 12.1. The second kappa shape index (κ2) is 28.6. The minimum atomic E-state index is -1.02. The van der Waals surface area contributed by atoms with Crippen molar-refractivity contribution in [2.75, 3.05) is 66.5 Å². The number of benzene rings is 6. The van der Waals surface area contributed by atoms with Crippen LogP contribution in [0.4, 0.5) is 0 Å². The summed E-state index contributed by atoms with van der Waals surface area (Å²) < 4.78 is 0. The van der Waals surface area contributed by atoms with Crippen molar-refractivity contribution in [1.29, 1.82) is 0 Å². The highest BCUT2D eigenvalue weighted by Gasteiger charge is 2.41. The summed E-state index contributed by atoms with van der Waals surface area (Å²) in [6.45, 7) is 11.4. The Hall–Kier alpha value is -6.20. The fourth-order valence-electron chi connectivity index (χ4n) is 11.2. The third-order valence-electron chi connectivity index (χ3n) is 15.9. The first-order chi connectivity index (χ1) is 36.4. The second-order valence-electron chi connectivity index (χ2n) is 21.1. The number of rotatable bonds is 12. The van der Waals surface area contributed by atoms with Gasteiger partial charge in [0.1, 0.15) is 5.60 Å². The number of likely N-dealkylation sites (tertiary alicyclic amines) is 2. The molecule has 394 valence electrons. The molecular weight excluding hydrogens is 929 g/mol. The summed E-state index contributed by atoms with van der Waals surface area (Å²) in [5.74, 6) is 2.53. The monoisotopic (exact) mass is 1010 g/mol. The number of piperidine rings is 4. The van der Waals surface area contributed by atoms with Gasteiger partial charge in [0.2, 0.25) is 0 Å². The number of ketones is 4. The molecule has 2 unspecified atom stereocenters. The molecule has 0 amide bonds.